The molecule has 3 rings (SSSR count). The van der Waals surface area contributed by atoms with Crippen LogP contribution in [0, 0.1) is 0 Å². The maximum atomic E-state index is 10.6. The van der Waals surface area contributed by atoms with Crippen molar-refractivity contribution in [3.8, 4) is 0 Å². The van der Waals surface area contributed by atoms with Crippen LogP contribution in [0.2, 0.25) is 0 Å². The number of hydrogen-bond donors (Lipinski definition) is 2. The number of β-amino-alcohol motifs (C(OH)–C–C–N with tert-alkyl or cyclic N) is 1. The van der Waals surface area contributed by atoms with Gasteiger partial charge in [0, 0.05) is 47.8 Å². The number of aliphatic hydroxyl groups excluding tert-OH is 2. The first-order valence-corrected chi connectivity index (χ1v) is 8.71. The van der Waals surface area contributed by atoms with E-state index in [1.54, 1.807) is 0 Å². The maximum Gasteiger partial charge on any atom is 0.0845 e. The molecule has 2 N–H and O–H groups in total. The van der Waals surface area contributed by atoms with E-state index in [1.807, 2.05) is 30.5 Å². The van der Waals surface area contributed by atoms with Crippen LogP contribution >= 0.6 is 0 Å². The van der Waals surface area contributed by atoms with Gasteiger partial charge in [-0.2, -0.15) is 0 Å². The summed E-state index contributed by atoms with van der Waals surface area (Å²) in [6.07, 6.45) is 5.30. The number of rotatable bonds is 5. The highest BCUT2D eigenvalue weighted by atomic mass is 16.3. The van der Waals surface area contributed by atoms with E-state index in [-0.39, 0.29) is 6.61 Å². The van der Waals surface area contributed by atoms with Crippen molar-refractivity contribution in [1.82, 2.24) is 9.47 Å². The number of piperidine rings is 1. The number of benzene rings is 1. The molecule has 3 atom stereocenters. The van der Waals surface area contributed by atoms with E-state index in [2.05, 4.69) is 23.3 Å². The molecule has 0 saturated carbocycles. The fourth-order valence-corrected chi connectivity index (χ4v) is 3.96. The Hall–Kier alpha value is -1.36. The minimum Gasteiger partial charge on any atom is -0.392 e. The van der Waals surface area contributed by atoms with Crippen molar-refractivity contribution < 1.29 is 10.2 Å². The number of likely N-dealkylation sites (tertiary alicyclic amines) is 1. The van der Waals surface area contributed by atoms with Crippen molar-refractivity contribution in [3.63, 3.8) is 0 Å². The van der Waals surface area contributed by atoms with Gasteiger partial charge < -0.3 is 14.8 Å². The van der Waals surface area contributed by atoms with Crippen LogP contribution in [0.1, 0.15) is 38.7 Å². The number of aromatic nitrogens is 1. The summed E-state index contributed by atoms with van der Waals surface area (Å²) in [7, 11) is 0. The van der Waals surface area contributed by atoms with Gasteiger partial charge in [0.25, 0.3) is 0 Å². The van der Waals surface area contributed by atoms with Gasteiger partial charge in [-0.3, -0.25) is 4.90 Å². The molecule has 0 spiro atoms. The Labute approximate surface area is 138 Å². The van der Waals surface area contributed by atoms with Crippen LogP contribution in [0.4, 0.5) is 0 Å². The number of nitrogens with zero attached hydrogens (tertiary/aromatic N) is 2. The lowest BCUT2D eigenvalue weighted by molar-refractivity contribution is 0.0352. The van der Waals surface area contributed by atoms with E-state index in [9.17, 15) is 10.2 Å². The Kier molecular flexibility index (Phi) is 5.05. The predicted molar refractivity (Wildman–Crippen MR) is 93.3 cm³/mol. The Morgan fingerprint density at radius 2 is 1.83 bits per heavy atom. The van der Waals surface area contributed by atoms with Crippen LogP contribution in [-0.4, -0.2) is 44.4 Å². The van der Waals surface area contributed by atoms with Gasteiger partial charge in [-0.25, -0.2) is 0 Å². The van der Waals surface area contributed by atoms with Gasteiger partial charge in [-0.15, -0.1) is 0 Å². The monoisotopic (exact) mass is 316 g/mol. The topological polar surface area (TPSA) is 48.6 Å². The molecule has 0 amide bonds. The molecule has 0 radical (unpaired) electrons. The van der Waals surface area contributed by atoms with Gasteiger partial charge in [0.15, 0.2) is 0 Å². The second-order valence-corrected chi connectivity index (χ2v) is 6.96. The summed E-state index contributed by atoms with van der Waals surface area (Å²) in [6.45, 7) is 5.83. The molecule has 126 valence electrons. The summed E-state index contributed by atoms with van der Waals surface area (Å²) in [6, 6.07) is 9.15. The van der Waals surface area contributed by atoms with Crippen LogP contribution in [0.25, 0.3) is 10.9 Å². The lowest BCUT2D eigenvalue weighted by atomic mass is 9.97. The number of fused-ring (bicyclic) bond motifs is 1. The van der Waals surface area contributed by atoms with Crippen molar-refractivity contribution in [2.24, 2.45) is 0 Å². The maximum absolute atomic E-state index is 10.6. The number of para-hydroxylation sites is 1. The van der Waals surface area contributed by atoms with E-state index in [4.69, 9.17) is 0 Å². The standard InChI is InChI=1S/C19H28N2O2/c1-14-6-5-7-15(2)21(14)12-17(23)11-20-10-16(13-22)18-8-3-4-9-19(18)20/h3-4,8-10,14-15,17,22-23H,5-7,11-13H2,1-2H3/t14-,15+,17-/m1/s1. The van der Waals surface area contributed by atoms with Gasteiger partial charge in [0.1, 0.15) is 0 Å². The van der Waals surface area contributed by atoms with Crippen molar-refractivity contribution in [3.05, 3.63) is 36.0 Å². The average molecular weight is 316 g/mol. The minimum atomic E-state index is -0.402. The highest BCUT2D eigenvalue weighted by Crippen LogP contribution is 2.24. The van der Waals surface area contributed by atoms with Gasteiger partial charge >= 0.3 is 0 Å². The normalized spacial score (nSPS) is 24.2. The molecular formula is C19H28N2O2. The van der Waals surface area contributed by atoms with E-state index >= 15 is 0 Å². The highest BCUT2D eigenvalue weighted by molar-refractivity contribution is 5.83. The summed E-state index contributed by atoms with van der Waals surface area (Å²) >= 11 is 0. The molecule has 1 fully saturated rings. The van der Waals surface area contributed by atoms with Crippen molar-refractivity contribution in [2.45, 2.75) is 64.4 Å². The summed E-state index contributed by atoms with van der Waals surface area (Å²) in [5.74, 6) is 0. The Bertz CT molecular complexity index is 642. The molecule has 1 aliphatic heterocycles. The lowest BCUT2D eigenvalue weighted by Crippen LogP contribution is -2.47. The molecule has 2 heterocycles. The molecule has 1 aromatic heterocycles. The fourth-order valence-electron chi connectivity index (χ4n) is 3.96. The van der Waals surface area contributed by atoms with Gasteiger partial charge in [-0.05, 0) is 32.8 Å². The molecular weight excluding hydrogens is 288 g/mol. The third-order valence-corrected chi connectivity index (χ3v) is 5.25. The van der Waals surface area contributed by atoms with E-state index in [0.29, 0.717) is 25.2 Å². The van der Waals surface area contributed by atoms with Crippen LogP contribution in [0.3, 0.4) is 0 Å². The molecule has 0 unspecified atom stereocenters. The molecule has 0 bridgehead atoms. The summed E-state index contributed by atoms with van der Waals surface area (Å²) in [4.78, 5) is 2.44. The number of hydrogen-bond acceptors (Lipinski definition) is 3. The first-order valence-electron chi connectivity index (χ1n) is 8.71. The van der Waals surface area contributed by atoms with Crippen molar-refractivity contribution in [2.75, 3.05) is 6.54 Å². The van der Waals surface area contributed by atoms with Crippen LogP contribution < -0.4 is 0 Å². The Morgan fingerprint density at radius 1 is 1.13 bits per heavy atom. The van der Waals surface area contributed by atoms with Crippen LogP contribution in [0.15, 0.2) is 30.5 Å². The SMILES string of the molecule is C[C@@H]1CCC[C@H](C)N1C[C@H](O)Cn1cc(CO)c2ccccc21. The van der Waals surface area contributed by atoms with E-state index < -0.39 is 6.10 Å². The Morgan fingerprint density at radius 3 is 2.52 bits per heavy atom. The largest absolute Gasteiger partial charge is 0.392 e. The second-order valence-electron chi connectivity index (χ2n) is 6.96. The zero-order chi connectivity index (χ0) is 16.4. The number of aliphatic hydroxyl groups is 2. The third kappa shape index (κ3) is 3.44. The third-order valence-electron chi connectivity index (χ3n) is 5.25. The highest BCUT2D eigenvalue weighted by Gasteiger charge is 2.26. The van der Waals surface area contributed by atoms with Crippen molar-refractivity contribution in [1.29, 1.82) is 0 Å². The van der Waals surface area contributed by atoms with Crippen molar-refractivity contribution >= 4 is 10.9 Å². The zero-order valence-corrected chi connectivity index (χ0v) is 14.2. The summed E-state index contributed by atoms with van der Waals surface area (Å²) < 4.78 is 2.07. The molecule has 4 nitrogen and oxygen atoms in total. The van der Waals surface area contributed by atoms with Gasteiger partial charge in [-0.1, -0.05) is 24.6 Å². The quantitative estimate of drug-likeness (QED) is 0.892. The van der Waals surface area contributed by atoms with Crippen LogP contribution in [0.5, 0.6) is 0 Å². The minimum absolute atomic E-state index is 0.0315. The Balaban J connectivity index is 1.74. The molecule has 2 aromatic rings. The van der Waals surface area contributed by atoms with Gasteiger partial charge in [0.05, 0.1) is 12.7 Å². The van der Waals surface area contributed by atoms with E-state index in [0.717, 1.165) is 16.5 Å². The fraction of sp³-hybridized carbons (Fsp3) is 0.579. The molecule has 1 aliphatic rings. The molecule has 4 heteroatoms. The summed E-state index contributed by atoms with van der Waals surface area (Å²) in [5, 5.41) is 21.2. The van der Waals surface area contributed by atoms with Crippen LogP contribution in [-0.2, 0) is 13.2 Å². The van der Waals surface area contributed by atoms with E-state index in [1.165, 1.54) is 19.3 Å². The second kappa shape index (κ2) is 7.04. The molecule has 1 aromatic carbocycles. The predicted octanol–water partition coefficient (Wildman–Crippen LogP) is 2.76. The first kappa shape index (κ1) is 16.5. The smallest absolute Gasteiger partial charge is 0.0845 e. The molecule has 1 saturated heterocycles. The summed E-state index contributed by atoms with van der Waals surface area (Å²) in [5.41, 5.74) is 2.00. The first-order chi connectivity index (χ1) is 11.1. The average Bonchev–Trinajstić information content (AvgIpc) is 2.89. The molecule has 0 aliphatic carbocycles. The zero-order valence-electron chi connectivity index (χ0n) is 14.2. The molecule has 23 heavy (non-hydrogen) atoms. The lowest BCUT2D eigenvalue weighted by Gasteiger charge is -2.40. The van der Waals surface area contributed by atoms with Gasteiger partial charge in [0.2, 0.25) is 0 Å².